The molecule has 2 aliphatic rings. The van der Waals surface area contributed by atoms with Crippen LogP contribution in [-0.2, 0) is 20.8 Å². The number of benzene rings is 1. The molecule has 180 valence electrons. The molecule has 2 heterocycles. The summed E-state index contributed by atoms with van der Waals surface area (Å²) in [6.45, 7) is 3.05. The number of carbonyl (C=O) groups is 1. The van der Waals surface area contributed by atoms with Crippen molar-refractivity contribution in [2.45, 2.75) is 31.0 Å². The number of morpholine rings is 1. The number of nitrogens with one attached hydrogen (secondary N) is 1. The molecular weight excluding hydrogens is 512 g/mol. The van der Waals surface area contributed by atoms with Crippen LogP contribution in [0.4, 0.5) is 32.0 Å². The highest BCUT2D eigenvalue weighted by Gasteiger charge is 2.60. The summed E-state index contributed by atoms with van der Waals surface area (Å²) in [5.41, 5.74) is 1.65. The molecule has 1 N–H and O–H groups in total. The van der Waals surface area contributed by atoms with Gasteiger partial charge in [-0.25, -0.2) is 0 Å². The molecule has 0 bridgehead atoms. The van der Waals surface area contributed by atoms with Gasteiger partial charge in [-0.2, -0.15) is 26.3 Å². The predicted molar refractivity (Wildman–Crippen MR) is 106 cm³/mol. The Kier molecular flexibility index (Phi) is 7.94. The number of hydrogen-bond acceptors (Lipinski definition) is 6. The maximum absolute atomic E-state index is 12.8. The average molecular weight is 534 g/mol. The van der Waals surface area contributed by atoms with Gasteiger partial charge in [-0.05, 0) is 17.7 Å². The molecule has 2 aliphatic heterocycles. The second-order valence-corrected chi connectivity index (χ2v) is 8.38. The van der Waals surface area contributed by atoms with Crippen LogP contribution in [0.5, 0.6) is 0 Å². The molecule has 0 aliphatic carbocycles. The number of hydrogen-bond donors (Lipinski definition) is 1. The van der Waals surface area contributed by atoms with E-state index in [9.17, 15) is 31.1 Å². The molecule has 1 aromatic rings. The zero-order valence-electron chi connectivity index (χ0n) is 16.8. The van der Waals surface area contributed by atoms with Gasteiger partial charge in [0.1, 0.15) is 6.04 Å². The van der Waals surface area contributed by atoms with Crippen molar-refractivity contribution >= 4 is 27.6 Å². The van der Waals surface area contributed by atoms with Gasteiger partial charge in [0.2, 0.25) is 0 Å². The number of ether oxygens (including phenoxy) is 2. The average Bonchev–Trinajstić information content (AvgIpc) is 2.72. The summed E-state index contributed by atoms with van der Waals surface area (Å²) in [6, 6.07) is 4.20. The summed E-state index contributed by atoms with van der Waals surface area (Å²) >= 11 is 3.42. The minimum Gasteiger partial charge on any atom is -0.442 e. The number of rotatable bonds is 5. The summed E-state index contributed by atoms with van der Waals surface area (Å²) in [7, 11) is 0. The molecule has 0 aromatic heterocycles. The van der Waals surface area contributed by atoms with Gasteiger partial charge >= 0.3 is 18.3 Å². The van der Waals surface area contributed by atoms with Crippen molar-refractivity contribution in [1.82, 2.24) is 10.2 Å². The van der Waals surface area contributed by atoms with E-state index in [2.05, 4.69) is 30.9 Å². The van der Waals surface area contributed by atoms with Gasteiger partial charge in [-0.3, -0.25) is 9.69 Å². The van der Waals surface area contributed by atoms with Crippen LogP contribution in [0.1, 0.15) is 5.56 Å². The lowest BCUT2D eigenvalue weighted by atomic mass is 10.1. The van der Waals surface area contributed by atoms with Crippen LogP contribution in [-0.4, -0.2) is 81.3 Å². The third-order valence-electron chi connectivity index (χ3n) is 5.23. The van der Waals surface area contributed by atoms with Crippen molar-refractivity contribution in [1.29, 1.82) is 0 Å². The number of halogens is 7. The van der Waals surface area contributed by atoms with Gasteiger partial charge in [-0.15, -0.1) is 0 Å². The Morgan fingerprint density at radius 2 is 1.81 bits per heavy atom. The highest BCUT2D eigenvalue weighted by molar-refractivity contribution is 9.10. The van der Waals surface area contributed by atoms with Crippen LogP contribution in [0, 0.1) is 0 Å². The molecule has 0 saturated carbocycles. The van der Waals surface area contributed by atoms with Crippen molar-refractivity contribution in [2.24, 2.45) is 0 Å². The van der Waals surface area contributed by atoms with E-state index in [-0.39, 0.29) is 19.6 Å². The maximum Gasteiger partial charge on any atom is 0.434 e. The lowest BCUT2D eigenvalue weighted by molar-refractivity contribution is -0.314. The molecular formula is C19H22BrF6N3O3. The lowest BCUT2D eigenvalue weighted by Crippen LogP contribution is -2.57. The molecule has 1 unspecified atom stereocenters. The van der Waals surface area contributed by atoms with Gasteiger partial charge in [0, 0.05) is 49.4 Å². The van der Waals surface area contributed by atoms with Crippen molar-refractivity contribution in [3.8, 4) is 0 Å². The molecule has 32 heavy (non-hydrogen) atoms. The van der Waals surface area contributed by atoms with E-state index in [1.165, 1.54) is 4.90 Å². The Bertz CT molecular complexity index is 787. The van der Waals surface area contributed by atoms with E-state index in [0.29, 0.717) is 32.8 Å². The molecule has 0 spiro atoms. The van der Waals surface area contributed by atoms with E-state index in [0.717, 1.165) is 15.7 Å². The lowest BCUT2D eigenvalue weighted by Gasteiger charge is -2.37. The minimum absolute atomic E-state index is 0.120. The number of nitrogens with zero attached hydrogens (tertiary/aromatic N) is 2. The fourth-order valence-electron chi connectivity index (χ4n) is 3.67. The van der Waals surface area contributed by atoms with E-state index in [1.54, 1.807) is 6.07 Å². The maximum atomic E-state index is 12.8. The molecule has 1 atom stereocenters. The van der Waals surface area contributed by atoms with Crippen molar-refractivity contribution < 1.29 is 40.6 Å². The van der Waals surface area contributed by atoms with Gasteiger partial charge < -0.3 is 19.7 Å². The Hall–Kier alpha value is -1.57. The molecule has 6 nitrogen and oxygen atoms in total. The third kappa shape index (κ3) is 6.27. The van der Waals surface area contributed by atoms with Gasteiger partial charge in [0.05, 0.1) is 13.2 Å². The SMILES string of the molecule is O=C(OC(C(F)(F)F)C(F)(F)F)C1CNCCN1Cc1ccc(Br)cc1N1CCOCC1. The van der Waals surface area contributed by atoms with E-state index >= 15 is 0 Å². The molecule has 3 rings (SSSR count). The van der Waals surface area contributed by atoms with Gasteiger partial charge in [0.15, 0.2) is 0 Å². The molecule has 2 fully saturated rings. The normalized spacial score (nSPS) is 21.1. The quantitative estimate of drug-likeness (QED) is 0.463. The summed E-state index contributed by atoms with van der Waals surface area (Å²) < 4.78 is 87.2. The standard InChI is InChI=1S/C19H22BrF6N3O3/c20-13-2-1-12(14(9-13)28-5-7-31-8-6-28)11-29-4-3-27-10-15(29)16(30)32-17(18(21,22)23)19(24,25)26/h1-2,9,15,17,27H,3-8,10-11H2. The van der Waals surface area contributed by atoms with Crippen LogP contribution in [0.2, 0.25) is 0 Å². The van der Waals surface area contributed by atoms with Crippen molar-refractivity contribution in [2.75, 3.05) is 50.8 Å². The van der Waals surface area contributed by atoms with Crippen LogP contribution >= 0.6 is 15.9 Å². The van der Waals surface area contributed by atoms with Gasteiger partial charge in [0.25, 0.3) is 6.10 Å². The highest BCUT2D eigenvalue weighted by atomic mass is 79.9. The zero-order chi connectivity index (χ0) is 23.5. The second-order valence-electron chi connectivity index (χ2n) is 7.46. The molecule has 0 radical (unpaired) electrons. The first kappa shape index (κ1) is 25.1. The fourth-order valence-corrected chi connectivity index (χ4v) is 4.02. The van der Waals surface area contributed by atoms with E-state index < -0.39 is 30.5 Å². The Morgan fingerprint density at radius 3 is 2.44 bits per heavy atom. The molecule has 2 saturated heterocycles. The summed E-state index contributed by atoms with van der Waals surface area (Å²) in [6.07, 6.45) is -15.7. The first-order valence-electron chi connectivity index (χ1n) is 9.86. The van der Waals surface area contributed by atoms with Crippen LogP contribution in [0.3, 0.4) is 0 Å². The number of anilines is 1. The van der Waals surface area contributed by atoms with Crippen molar-refractivity contribution in [3.63, 3.8) is 0 Å². The summed E-state index contributed by atoms with van der Waals surface area (Å²) in [4.78, 5) is 16.0. The van der Waals surface area contributed by atoms with Crippen molar-refractivity contribution in [3.05, 3.63) is 28.2 Å². The molecule has 13 heteroatoms. The number of esters is 1. The number of alkyl halides is 6. The second kappa shape index (κ2) is 10.1. The molecule has 0 amide bonds. The fraction of sp³-hybridized carbons (Fsp3) is 0.632. The van der Waals surface area contributed by atoms with Crippen LogP contribution in [0.15, 0.2) is 22.7 Å². The Balaban J connectivity index is 1.79. The Labute approximate surface area is 188 Å². The zero-order valence-corrected chi connectivity index (χ0v) is 18.4. The van der Waals surface area contributed by atoms with Gasteiger partial charge in [-0.1, -0.05) is 22.0 Å². The van der Waals surface area contributed by atoms with Crippen LogP contribution < -0.4 is 10.2 Å². The topological polar surface area (TPSA) is 54.0 Å². The first-order chi connectivity index (χ1) is 15.0. The Morgan fingerprint density at radius 1 is 1.16 bits per heavy atom. The largest absolute Gasteiger partial charge is 0.442 e. The predicted octanol–water partition coefficient (Wildman–Crippen LogP) is 3.10. The van der Waals surface area contributed by atoms with E-state index in [1.807, 2.05) is 12.1 Å². The number of carbonyl (C=O) groups excluding carboxylic acids is 1. The molecule has 1 aromatic carbocycles. The van der Waals surface area contributed by atoms with Crippen LogP contribution in [0.25, 0.3) is 0 Å². The monoisotopic (exact) mass is 533 g/mol. The minimum atomic E-state index is -5.75. The number of piperazine rings is 1. The highest BCUT2D eigenvalue weighted by Crippen LogP contribution is 2.36. The third-order valence-corrected chi connectivity index (χ3v) is 5.72. The first-order valence-corrected chi connectivity index (χ1v) is 10.7. The van der Waals surface area contributed by atoms with E-state index in [4.69, 9.17) is 4.74 Å². The smallest absolute Gasteiger partial charge is 0.434 e. The summed E-state index contributed by atoms with van der Waals surface area (Å²) in [5, 5.41) is 2.83. The summed E-state index contributed by atoms with van der Waals surface area (Å²) in [5.74, 6) is -1.57.